The highest BCUT2D eigenvalue weighted by atomic mass is 16.3. The molecule has 3 rings (SSSR count). The van der Waals surface area contributed by atoms with Gasteiger partial charge in [-0.1, -0.05) is 24.3 Å². The van der Waals surface area contributed by atoms with Gasteiger partial charge in [0.15, 0.2) is 0 Å². The van der Waals surface area contributed by atoms with Crippen LogP contribution in [0.15, 0.2) is 48.7 Å². The predicted octanol–water partition coefficient (Wildman–Crippen LogP) is 3.34. The van der Waals surface area contributed by atoms with Gasteiger partial charge in [-0.15, -0.1) is 0 Å². The second kappa shape index (κ2) is 3.42. The lowest BCUT2D eigenvalue weighted by Crippen LogP contribution is -1.80. The molecule has 2 aromatic carbocycles. The second-order valence-corrected chi connectivity index (χ2v) is 3.69. The Morgan fingerprint density at radius 3 is 2.88 bits per heavy atom. The number of H-pyrrole nitrogens is 1. The molecule has 0 aliphatic carbocycles. The van der Waals surface area contributed by atoms with Gasteiger partial charge in [0, 0.05) is 22.7 Å². The zero-order valence-corrected chi connectivity index (χ0v) is 8.57. The first kappa shape index (κ1) is 9.04. The first-order chi connectivity index (χ1) is 7.86. The summed E-state index contributed by atoms with van der Waals surface area (Å²) in [7, 11) is 0. The van der Waals surface area contributed by atoms with Crippen LogP contribution in [0.5, 0.6) is 5.75 Å². The predicted molar refractivity (Wildman–Crippen MR) is 64.2 cm³/mol. The van der Waals surface area contributed by atoms with E-state index in [1.54, 1.807) is 12.1 Å². The number of benzene rings is 2. The van der Waals surface area contributed by atoms with Crippen molar-refractivity contribution in [3.8, 4) is 16.9 Å². The third-order valence-corrected chi connectivity index (χ3v) is 2.73. The lowest BCUT2D eigenvalue weighted by Gasteiger charge is -2.05. The summed E-state index contributed by atoms with van der Waals surface area (Å²) < 4.78 is 0. The minimum atomic E-state index is 0.260. The molecule has 1 aromatic heterocycles. The van der Waals surface area contributed by atoms with Crippen LogP contribution in [0.2, 0.25) is 0 Å². The van der Waals surface area contributed by atoms with Gasteiger partial charge < -0.3 is 10.1 Å². The second-order valence-electron chi connectivity index (χ2n) is 3.69. The van der Waals surface area contributed by atoms with E-state index in [-0.39, 0.29) is 5.75 Å². The Kier molecular flexibility index (Phi) is 1.93. The highest BCUT2D eigenvalue weighted by molar-refractivity contribution is 5.96. The van der Waals surface area contributed by atoms with Gasteiger partial charge in [0.05, 0.1) is 0 Å². The highest BCUT2D eigenvalue weighted by Crippen LogP contribution is 2.33. The number of aromatic hydroxyl groups is 1. The molecule has 0 fully saturated rings. The van der Waals surface area contributed by atoms with Crippen molar-refractivity contribution in [1.29, 1.82) is 0 Å². The standard InChI is InChI=1S/C14H10NO/c16-14-7-2-1-4-12(14)10-5-3-6-13-11(10)8-9-15-13/h1,3-9,15-16H. The van der Waals surface area contributed by atoms with Crippen LogP contribution in [0.25, 0.3) is 22.0 Å². The molecule has 0 aliphatic heterocycles. The maximum atomic E-state index is 9.82. The fraction of sp³-hybridized carbons (Fsp3) is 0. The van der Waals surface area contributed by atoms with Crippen LogP contribution in [0, 0.1) is 6.07 Å². The molecule has 2 heteroatoms. The summed E-state index contributed by atoms with van der Waals surface area (Å²) in [4.78, 5) is 3.16. The summed E-state index contributed by atoms with van der Waals surface area (Å²) in [5.74, 6) is 0.260. The van der Waals surface area contributed by atoms with Crippen LogP contribution in [0.1, 0.15) is 0 Å². The van der Waals surface area contributed by atoms with E-state index in [0.29, 0.717) is 0 Å². The molecule has 3 aromatic rings. The average molecular weight is 208 g/mol. The lowest BCUT2D eigenvalue weighted by atomic mass is 10.0. The van der Waals surface area contributed by atoms with E-state index in [4.69, 9.17) is 0 Å². The van der Waals surface area contributed by atoms with Crippen molar-refractivity contribution in [2.45, 2.75) is 0 Å². The molecule has 0 spiro atoms. The highest BCUT2D eigenvalue weighted by Gasteiger charge is 2.07. The van der Waals surface area contributed by atoms with E-state index in [1.165, 1.54) is 0 Å². The summed E-state index contributed by atoms with van der Waals surface area (Å²) in [5.41, 5.74) is 2.94. The Hall–Kier alpha value is -2.22. The minimum Gasteiger partial charge on any atom is -0.507 e. The zero-order valence-electron chi connectivity index (χ0n) is 8.57. The van der Waals surface area contributed by atoms with E-state index in [9.17, 15) is 5.11 Å². The van der Waals surface area contributed by atoms with E-state index < -0.39 is 0 Å². The van der Waals surface area contributed by atoms with Crippen LogP contribution < -0.4 is 0 Å². The molecule has 0 aliphatic rings. The van der Waals surface area contributed by atoms with Gasteiger partial charge in [-0.3, -0.25) is 0 Å². The average Bonchev–Trinajstić information content (AvgIpc) is 2.77. The van der Waals surface area contributed by atoms with Crippen LogP contribution in [-0.4, -0.2) is 10.1 Å². The molecule has 0 unspecified atom stereocenters. The Bertz CT molecular complexity index is 640. The first-order valence-corrected chi connectivity index (χ1v) is 5.12. The Labute approximate surface area is 93.2 Å². The van der Waals surface area contributed by atoms with Gasteiger partial charge >= 0.3 is 0 Å². The molecule has 1 radical (unpaired) electrons. The smallest absolute Gasteiger partial charge is 0.124 e. The maximum absolute atomic E-state index is 9.82. The summed E-state index contributed by atoms with van der Waals surface area (Å²) in [6.07, 6.45) is 1.90. The van der Waals surface area contributed by atoms with Crippen molar-refractivity contribution >= 4 is 10.9 Å². The van der Waals surface area contributed by atoms with Crippen molar-refractivity contribution in [1.82, 2.24) is 4.98 Å². The molecule has 0 saturated heterocycles. The Morgan fingerprint density at radius 1 is 1.06 bits per heavy atom. The number of hydrogen-bond donors (Lipinski definition) is 2. The molecule has 2 nitrogen and oxygen atoms in total. The molecule has 1 heterocycles. The normalized spacial score (nSPS) is 10.8. The van der Waals surface area contributed by atoms with Gasteiger partial charge in [0.2, 0.25) is 0 Å². The number of phenols is 1. The molecule has 2 N–H and O–H groups in total. The molecular formula is C14H10NO. The van der Waals surface area contributed by atoms with E-state index >= 15 is 0 Å². The monoisotopic (exact) mass is 208 g/mol. The lowest BCUT2D eigenvalue weighted by molar-refractivity contribution is 0.477. The number of hydrogen-bond acceptors (Lipinski definition) is 1. The topological polar surface area (TPSA) is 36.0 Å². The van der Waals surface area contributed by atoms with Gasteiger partial charge in [-0.05, 0) is 29.8 Å². The zero-order chi connectivity index (χ0) is 11.0. The fourth-order valence-electron chi connectivity index (χ4n) is 1.97. The number of aromatic amines is 1. The number of aromatic nitrogens is 1. The molecule has 0 amide bonds. The van der Waals surface area contributed by atoms with Crippen LogP contribution in [-0.2, 0) is 0 Å². The van der Waals surface area contributed by atoms with Crippen molar-refractivity contribution < 1.29 is 5.11 Å². The minimum absolute atomic E-state index is 0.260. The van der Waals surface area contributed by atoms with Crippen molar-refractivity contribution in [3.05, 3.63) is 54.7 Å². The van der Waals surface area contributed by atoms with Crippen molar-refractivity contribution in [2.24, 2.45) is 0 Å². The summed E-state index contributed by atoms with van der Waals surface area (Å²) in [6.45, 7) is 0. The van der Waals surface area contributed by atoms with E-state index in [2.05, 4.69) is 11.1 Å². The van der Waals surface area contributed by atoms with Crippen molar-refractivity contribution in [2.75, 3.05) is 0 Å². The first-order valence-electron chi connectivity index (χ1n) is 5.12. The van der Waals surface area contributed by atoms with Gasteiger partial charge in [0.1, 0.15) is 5.75 Å². The summed E-state index contributed by atoms with van der Waals surface area (Å²) in [6, 6.07) is 16.1. The number of fused-ring (bicyclic) bond motifs is 1. The number of nitrogens with one attached hydrogen (secondary N) is 1. The third kappa shape index (κ3) is 1.27. The number of phenolic OH excluding ortho intramolecular Hbond substituents is 1. The maximum Gasteiger partial charge on any atom is 0.124 e. The van der Waals surface area contributed by atoms with E-state index in [1.807, 2.05) is 36.5 Å². The number of rotatable bonds is 1. The van der Waals surface area contributed by atoms with Gasteiger partial charge in [-0.25, -0.2) is 0 Å². The quantitative estimate of drug-likeness (QED) is 0.632. The van der Waals surface area contributed by atoms with Crippen LogP contribution in [0.4, 0.5) is 0 Å². The largest absolute Gasteiger partial charge is 0.507 e. The van der Waals surface area contributed by atoms with Gasteiger partial charge in [-0.2, -0.15) is 0 Å². The molecule has 77 valence electrons. The van der Waals surface area contributed by atoms with Crippen LogP contribution >= 0.6 is 0 Å². The van der Waals surface area contributed by atoms with Gasteiger partial charge in [0.25, 0.3) is 0 Å². The fourth-order valence-corrected chi connectivity index (χ4v) is 1.97. The summed E-state index contributed by atoms with van der Waals surface area (Å²) >= 11 is 0. The van der Waals surface area contributed by atoms with Crippen LogP contribution in [0.3, 0.4) is 0 Å². The SMILES string of the molecule is Oc1c[c]ccc1-c1cccc2[nH]ccc12. The third-order valence-electron chi connectivity index (χ3n) is 2.73. The molecular weight excluding hydrogens is 198 g/mol. The Balaban J connectivity index is 2.34. The summed E-state index contributed by atoms with van der Waals surface area (Å²) in [5, 5.41) is 10.9. The molecule has 0 saturated carbocycles. The van der Waals surface area contributed by atoms with E-state index in [0.717, 1.165) is 22.0 Å². The molecule has 0 atom stereocenters. The molecule has 16 heavy (non-hydrogen) atoms. The Morgan fingerprint density at radius 2 is 2.00 bits per heavy atom. The molecule has 0 bridgehead atoms. The van der Waals surface area contributed by atoms with Crippen molar-refractivity contribution in [3.63, 3.8) is 0 Å².